The summed E-state index contributed by atoms with van der Waals surface area (Å²) >= 11 is 0. The van der Waals surface area contributed by atoms with Crippen LogP contribution in [0.3, 0.4) is 0 Å². The van der Waals surface area contributed by atoms with E-state index < -0.39 is 0 Å². The van der Waals surface area contributed by atoms with E-state index in [2.05, 4.69) is 55.4 Å². The Labute approximate surface area is 129 Å². The van der Waals surface area contributed by atoms with Crippen LogP contribution in [0.2, 0.25) is 0 Å². The topological polar surface area (TPSA) is 21.1 Å². The molecule has 0 spiro atoms. The third kappa shape index (κ3) is 3.85. The van der Waals surface area contributed by atoms with Gasteiger partial charge in [0.15, 0.2) is 0 Å². The molecule has 3 heteroatoms. The molecule has 21 heavy (non-hydrogen) atoms. The Kier molecular flexibility index (Phi) is 5.80. The maximum atomic E-state index is 4.89. The van der Waals surface area contributed by atoms with E-state index in [1.54, 1.807) is 0 Å². The lowest BCUT2D eigenvalue weighted by atomic mass is 10.2. The summed E-state index contributed by atoms with van der Waals surface area (Å²) in [6.07, 6.45) is 3.52. The van der Waals surface area contributed by atoms with Crippen molar-refractivity contribution in [1.29, 1.82) is 0 Å². The van der Waals surface area contributed by atoms with Crippen molar-refractivity contribution in [3.63, 3.8) is 0 Å². The summed E-state index contributed by atoms with van der Waals surface area (Å²) < 4.78 is 2.43. The van der Waals surface area contributed by atoms with Crippen LogP contribution in [0.15, 0.2) is 18.2 Å². The van der Waals surface area contributed by atoms with Crippen molar-refractivity contribution in [3.05, 3.63) is 29.6 Å². The monoisotopic (exact) mass is 287 g/mol. The van der Waals surface area contributed by atoms with Crippen molar-refractivity contribution >= 4 is 11.0 Å². The minimum absolute atomic E-state index is 1.04. The molecule has 0 unspecified atom stereocenters. The van der Waals surface area contributed by atoms with E-state index in [0.29, 0.717) is 0 Å². The second-order valence-electron chi connectivity index (χ2n) is 5.80. The predicted molar refractivity (Wildman–Crippen MR) is 90.9 cm³/mol. The first kappa shape index (κ1) is 16.0. The number of fused-ring (bicyclic) bond motifs is 1. The lowest BCUT2D eigenvalue weighted by Gasteiger charge is -2.19. The van der Waals surface area contributed by atoms with Gasteiger partial charge in [0.05, 0.1) is 11.0 Å². The van der Waals surface area contributed by atoms with Crippen LogP contribution in [-0.2, 0) is 13.0 Å². The largest absolute Gasteiger partial charge is 0.327 e. The summed E-state index contributed by atoms with van der Waals surface area (Å²) in [5, 5.41) is 0. The highest BCUT2D eigenvalue weighted by atomic mass is 15.2. The van der Waals surface area contributed by atoms with Gasteiger partial charge in [-0.3, -0.25) is 0 Å². The first-order valence-corrected chi connectivity index (χ1v) is 8.37. The molecule has 0 aliphatic heterocycles. The van der Waals surface area contributed by atoms with Crippen molar-refractivity contribution in [1.82, 2.24) is 14.5 Å². The molecular weight excluding hydrogens is 258 g/mol. The normalized spacial score (nSPS) is 11.7. The molecule has 0 saturated heterocycles. The second-order valence-corrected chi connectivity index (χ2v) is 5.80. The van der Waals surface area contributed by atoms with Gasteiger partial charge in [-0.25, -0.2) is 4.98 Å². The molecule has 0 amide bonds. The molecule has 0 saturated carbocycles. The number of unbranched alkanes of at least 4 members (excludes halogenated alkanes) is 1. The van der Waals surface area contributed by atoms with Crippen LogP contribution in [0.25, 0.3) is 11.0 Å². The van der Waals surface area contributed by atoms with Crippen molar-refractivity contribution in [2.75, 3.05) is 19.6 Å². The molecule has 0 aliphatic rings. The lowest BCUT2D eigenvalue weighted by molar-refractivity contribution is 0.290. The standard InChI is InChI=1S/C18H29N3/c1-5-8-9-18-19-16-14-15(4)10-11-17(16)21(18)13-12-20(6-2)7-3/h10-11,14H,5-9,12-13H2,1-4H3. The van der Waals surface area contributed by atoms with Gasteiger partial charge in [0.2, 0.25) is 0 Å². The molecule has 1 heterocycles. The van der Waals surface area contributed by atoms with Crippen LogP contribution in [0.5, 0.6) is 0 Å². The highest BCUT2D eigenvalue weighted by Gasteiger charge is 2.11. The van der Waals surface area contributed by atoms with Crippen LogP contribution in [-0.4, -0.2) is 34.1 Å². The number of nitrogens with zero attached hydrogens (tertiary/aromatic N) is 3. The molecule has 3 nitrogen and oxygen atoms in total. The number of benzene rings is 1. The lowest BCUT2D eigenvalue weighted by Crippen LogP contribution is -2.27. The number of aryl methyl sites for hydroxylation is 2. The fourth-order valence-electron chi connectivity index (χ4n) is 2.85. The molecular formula is C18H29N3. The van der Waals surface area contributed by atoms with Gasteiger partial charge in [-0.2, -0.15) is 0 Å². The van der Waals surface area contributed by atoms with Crippen molar-refractivity contribution in [2.45, 2.75) is 53.5 Å². The summed E-state index contributed by atoms with van der Waals surface area (Å²) in [5.74, 6) is 1.25. The van der Waals surface area contributed by atoms with Gasteiger partial charge in [-0.1, -0.05) is 33.3 Å². The number of imidazole rings is 1. The average Bonchev–Trinajstić information content (AvgIpc) is 2.83. The number of hydrogen-bond donors (Lipinski definition) is 0. The molecule has 1 aromatic carbocycles. The smallest absolute Gasteiger partial charge is 0.109 e. The zero-order valence-corrected chi connectivity index (χ0v) is 14.0. The first-order valence-electron chi connectivity index (χ1n) is 8.37. The summed E-state index contributed by atoms with van der Waals surface area (Å²) in [6, 6.07) is 6.63. The van der Waals surface area contributed by atoms with E-state index in [4.69, 9.17) is 4.98 Å². The Bertz CT molecular complexity index is 567. The molecule has 2 aromatic rings. The molecule has 0 N–H and O–H groups in total. The van der Waals surface area contributed by atoms with Gasteiger partial charge in [0.25, 0.3) is 0 Å². The molecule has 0 radical (unpaired) electrons. The Hall–Kier alpha value is -1.35. The quantitative estimate of drug-likeness (QED) is 0.731. The Morgan fingerprint density at radius 1 is 1.14 bits per heavy atom. The minimum atomic E-state index is 1.04. The molecule has 2 rings (SSSR count). The van der Waals surface area contributed by atoms with Crippen molar-refractivity contribution in [3.8, 4) is 0 Å². The minimum Gasteiger partial charge on any atom is -0.327 e. The Balaban J connectivity index is 2.28. The fourth-order valence-corrected chi connectivity index (χ4v) is 2.85. The summed E-state index contributed by atoms with van der Waals surface area (Å²) in [5.41, 5.74) is 3.73. The molecule has 0 aliphatic carbocycles. The average molecular weight is 287 g/mol. The van der Waals surface area contributed by atoms with Crippen molar-refractivity contribution < 1.29 is 0 Å². The molecule has 0 fully saturated rings. The van der Waals surface area contributed by atoms with E-state index in [9.17, 15) is 0 Å². The maximum absolute atomic E-state index is 4.89. The van der Waals surface area contributed by atoms with Crippen LogP contribution < -0.4 is 0 Å². The zero-order chi connectivity index (χ0) is 15.2. The summed E-state index contributed by atoms with van der Waals surface area (Å²) in [6.45, 7) is 13.2. The fraction of sp³-hybridized carbons (Fsp3) is 0.611. The van der Waals surface area contributed by atoms with E-state index in [-0.39, 0.29) is 0 Å². The summed E-state index contributed by atoms with van der Waals surface area (Å²) in [4.78, 5) is 7.36. The van der Waals surface area contributed by atoms with E-state index in [0.717, 1.165) is 38.1 Å². The van der Waals surface area contributed by atoms with Gasteiger partial charge < -0.3 is 9.47 Å². The first-order chi connectivity index (χ1) is 10.2. The highest BCUT2D eigenvalue weighted by Crippen LogP contribution is 2.19. The number of hydrogen-bond acceptors (Lipinski definition) is 2. The number of likely N-dealkylation sites (N-methyl/N-ethyl adjacent to an activating group) is 1. The van der Waals surface area contributed by atoms with Gasteiger partial charge in [-0.05, 0) is 44.1 Å². The van der Waals surface area contributed by atoms with Crippen LogP contribution in [0.4, 0.5) is 0 Å². The maximum Gasteiger partial charge on any atom is 0.109 e. The third-order valence-electron chi connectivity index (χ3n) is 4.27. The molecule has 116 valence electrons. The van der Waals surface area contributed by atoms with Gasteiger partial charge in [0.1, 0.15) is 5.82 Å². The van der Waals surface area contributed by atoms with E-state index in [1.807, 2.05) is 0 Å². The number of aromatic nitrogens is 2. The highest BCUT2D eigenvalue weighted by molar-refractivity contribution is 5.76. The van der Waals surface area contributed by atoms with Crippen LogP contribution in [0.1, 0.15) is 45.0 Å². The Morgan fingerprint density at radius 2 is 1.90 bits per heavy atom. The van der Waals surface area contributed by atoms with Crippen molar-refractivity contribution in [2.24, 2.45) is 0 Å². The Morgan fingerprint density at radius 3 is 2.57 bits per heavy atom. The van der Waals surface area contributed by atoms with Gasteiger partial charge in [0, 0.05) is 19.5 Å². The second kappa shape index (κ2) is 7.60. The summed E-state index contributed by atoms with van der Waals surface area (Å²) in [7, 11) is 0. The SMILES string of the molecule is CCCCc1nc2cc(C)ccc2n1CCN(CC)CC. The van der Waals surface area contributed by atoms with Crippen LogP contribution >= 0.6 is 0 Å². The molecule has 0 atom stereocenters. The van der Waals surface area contributed by atoms with E-state index >= 15 is 0 Å². The van der Waals surface area contributed by atoms with Gasteiger partial charge in [-0.15, -0.1) is 0 Å². The van der Waals surface area contributed by atoms with Crippen LogP contribution in [0, 0.1) is 6.92 Å². The molecule has 0 bridgehead atoms. The van der Waals surface area contributed by atoms with E-state index in [1.165, 1.54) is 29.7 Å². The molecule has 1 aromatic heterocycles. The number of rotatable bonds is 8. The predicted octanol–water partition coefficient (Wildman–Crippen LogP) is 4.03. The third-order valence-corrected chi connectivity index (χ3v) is 4.27. The van der Waals surface area contributed by atoms with Gasteiger partial charge >= 0.3 is 0 Å². The zero-order valence-electron chi connectivity index (χ0n) is 14.0.